The van der Waals surface area contributed by atoms with E-state index in [-0.39, 0.29) is 5.84 Å². The molecular formula is C14H17N3OS2. The second kappa shape index (κ2) is 6.67. The van der Waals surface area contributed by atoms with Gasteiger partial charge < -0.3 is 15.8 Å². The molecule has 2 rings (SSSR count). The van der Waals surface area contributed by atoms with Crippen LogP contribution in [0.3, 0.4) is 0 Å². The number of anilines is 1. The molecule has 4 nitrogen and oxygen atoms in total. The van der Waals surface area contributed by atoms with Crippen LogP contribution in [0.2, 0.25) is 0 Å². The number of amidine groups is 1. The lowest BCUT2D eigenvalue weighted by molar-refractivity contribution is 0.318. The Morgan fingerprint density at radius 1 is 1.45 bits per heavy atom. The van der Waals surface area contributed by atoms with Gasteiger partial charge in [-0.15, -0.1) is 11.8 Å². The summed E-state index contributed by atoms with van der Waals surface area (Å²) in [5.74, 6) is 0.141. The molecule has 0 aliphatic heterocycles. The summed E-state index contributed by atoms with van der Waals surface area (Å²) in [5.41, 5.74) is 8.83. The van der Waals surface area contributed by atoms with Crippen LogP contribution in [0.5, 0.6) is 0 Å². The van der Waals surface area contributed by atoms with Crippen molar-refractivity contribution in [1.82, 2.24) is 0 Å². The van der Waals surface area contributed by atoms with E-state index in [0.717, 1.165) is 22.7 Å². The van der Waals surface area contributed by atoms with Crippen molar-refractivity contribution in [2.24, 2.45) is 10.9 Å². The lowest BCUT2D eigenvalue weighted by Gasteiger charge is -2.23. The predicted molar refractivity (Wildman–Crippen MR) is 87.2 cm³/mol. The largest absolute Gasteiger partial charge is 0.409 e. The standard InChI is InChI=1S/C14H17N3OS2/c1-17(8-10-6-7-20-9-10)11-4-3-5-12(19-2)13(11)14(15)16-18/h3-7,9,18H,8H2,1-2H3,(H2,15,16). The highest BCUT2D eigenvalue weighted by Gasteiger charge is 2.15. The average molecular weight is 307 g/mol. The molecule has 0 saturated carbocycles. The zero-order chi connectivity index (χ0) is 14.5. The maximum atomic E-state index is 9.01. The number of nitrogens with zero attached hydrogens (tertiary/aromatic N) is 2. The number of oxime groups is 1. The van der Waals surface area contributed by atoms with Gasteiger partial charge in [0.1, 0.15) is 0 Å². The zero-order valence-electron chi connectivity index (χ0n) is 11.4. The fraction of sp³-hybridized carbons (Fsp3) is 0.214. The maximum Gasteiger partial charge on any atom is 0.173 e. The number of thioether (sulfide) groups is 1. The third-order valence-electron chi connectivity index (χ3n) is 3.00. The molecule has 20 heavy (non-hydrogen) atoms. The van der Waals surface area contributed by atoms with Gasteiger partial charge in [0.15, 0.2) is 5.84 Å². The number of rotatable bonds is 5. The average Bonchev–Trinajstić information content (AvgIpc) is 2.98. The monoisotopic (exact) mass is 307 g/mol. The van der Waals surface area contributed by atoms with Crippen molar-refractivity contribution >= 4 is 34.6 Å². The van der Waals surface area contributed by atoms with Gasteiger partial charge >= 0.3 is 0 Å². The Kier molecular flexibility index (Phi) is 4.92. The fourth-order valence-electron chi connectivity index (χ4n) is 2.06. The van der Waals surface area contributed by atoms with Crippen LogP contribution < -0.4 is 10.6 Å². The molecule has 0 unspecified atom stereocenters. The Morgan fingerprint density at radius 2 is 2.25 bits per heavy atom. The summed E-state index contributed by atoms with van der Waals surface area (Å²) < 4.78 is 0. The van der Waals surface area contributed by atoms with E-state index >= 15 is 0 Å². The molecule has 0 amide bonds. The molecular weight excluding hydrogens is 290 g/mol. The quantitative estimate of drug-likeness (QED) is 0.293. The minimum Gasteiger partial charge on any atom is -0.409 e. The van der Waals surface area contributed by atoms with Crippen molar-refractivity contribution in [2.75, 3.05) is 18.2 Å². The third kappa shape index (κ3) is 3.08. The molecule has 0 saturated heterocycles. The van der Waals surface area contributed by atoms with Crippen LogP contribution in [0.15, 0.2) is 45.1 Å². The first-order chi connectivity index (χ1) is 9.67. The molecule has 0 bridgehead atoms. The SMILES string of the molecule is CSc1cccc(N(C)Cc2ccsc2)c1/C(N)=N/O. The summed E-state index contributed by atoms with van der Waals surface area (Å²) in [7, 11) is 2.01. The molecule has 0 aliphatic carbocycles. The van der Waals surface area contributed by atoms with E-state index in [1.54, 1.807) is 23.1 Å². The van der Waals surface area contributed by atoms with Gasteiger partial charge in [-0.05, 0) is 40.8 Å². The van der Waals surface area contributed by atoms with Crippen LogP contribution in [-0.2, 0) is 6.54 Å². The van der Waals surface area contributed by atoms with Crippen molar-refractivity contribution in [3.05, 3.63) is 46.2 Å². The fourth-order valence-corrected chi connectivity index (χ4v) is 3.34. The summed E-state index contributed by atoms with van der Waals surface area (Å²) in [5, 5.41) is 16.4. The number of nitrogens with two attached hydrogens (primary N) is 1. The van der Waals surface area contributed by atoms with E-state index in [0.29, 0.717) is 0 Å². The molecule has 1 aromatic carbocycles. The number of thiophene rings is 1. The van der Waals surface area contributed by atoms with Crippen LogP contribution in [0, 0.1) is 0 Å². The maximum absolute atomic E-state index is 9.01. The van der Waals surface area contributed by atoms with E-state index < -0.39 is 0 Å². The lowest BCUT2D eigenvalue weighted by Crippen LogP contribution is -2.23. The topological polar surface area (TPSA) is 61.8 Å². The molecule has 6 heteroatoms. The van der Waals surface area contributed by atoms with Crippen molar-refractivity contribution < 1.29 is 5.21 Å². The van der Waals surface area contributed by atoms with Crippen molar-refractivity contribution in [1.29, 1.82) is 0 Å². The molecule has 106 valence electrons. The Morgan fingerprint density at radius 3 is 2.85 bits per heavy atom. The predicted octanol–water partition coefficient (Wildman–Crippen LogP) is 3.20. The highest BCUT2D eigenvalue weighted by atomic mass is 32.2. The molecule has 1 heterocycles. The Balaban J connectivity index is 2.39. The summed E-state index contributed by atoms with van der Waals surface area (Å²) in [4.78, 5) is 3.10. The molecule has 2 aromatic rings. The molecule has 0 aliphatic rings. The summed E-state index contributed by atoms with van der Waals surface area (Å²) in [6, 6.07) is 8.04. The summed E-state index contributed by atoms with van der Waals surface area (Å²) in [6.07, 6.45) is 1.98. The van der Waals surface area contributed by atoms with Crippen LogP contribution in [0.1, 0.15) is 11.1 Å². The van der Waals surface area contributed by atoms with Gasteiger partial charge in [-0.1, -0.05) is 11.2 Å². The van der Waals surface area contributed by atoms with Gasteiger partial charge in [-0.3, -0.25) is 0 Å². The normalized spacial score (nSPS) is 11.6. The first-order valence-electron chi connectivity index (χ1n) is 6.04. The highest BCUT2D eigenvalue weighted by Crippen LogP contribution is 2.30. The summed E-state index contributed by atoms with van der Waals surface area (Å²) in [6.45, 7) is 0.785. The molecule has 0 atom stereocenters. The Hall–Kier alpha value is -1.66. The Bertz CT molecular complexity index is 596. The number of benzene rings is 1. The Labute approximate surface area is 126 Å². The van der Waals surface area contributed by atoms with Gasteiger partial charge in [0, 0.05) is 24.2 Å². The second-order valence-electron chi connectivity index (χ2n) is 4.33. The van der Waals surface area contributed by atoms with E-state index in [2.05, 4.69) is 26.9 Å². The molecule has 1 aromatic heterocycles. The molecule has 0 spiro atoms. The van der Waals surface area contributed by atoms with Gasteiger partial charge in [0.05, 0.1) is 5.56 Å². The van der Waals surface area contributed by atoms with E-state index in [4.69, 9.17) is 10.9 Å². The minimum atomic E-state index is 0.141. The zero-order valence-corrected chi connectivity index (χ0v) is 13.0. The first kappa shape index (κ1) is 14.7. The third-order valence-corrected chi connectivity index (χ3v) is 4.51. The smallest absolute Gasteiger partial charge is 0.173 e. The van der Waals surface area contributed by atoms with Crippen molar-refractivity contribution in [2.45, 2.75) is 11.4 Å². The van der Waals surface area contributed by atoms with Gasteiger partial charge in [0.2, 0.25) is 0 Å². The van der Waals surface area contributed by atoms with Crippen LogP contribution >= 0.6 is 23.1 Å². The number of hydrogen-bond acceptors (Lipinski definition) is 5. The number of hydrogen-bond donors (Lipinski definition) is 2. The highest BCUT2D eigenvalue weighted by molar-refractivity contribution is 7.98. The van der Waals surface area contributed by atoms with Crippen LogP contribution in [0.4, 0.5) is 5.69 Å². The van der Waals surface area contributed by atoms with Crippen LogP contribution in [0.25, 0.3) is 0 Å². The van der Waals surface area contributed by atoms with Gasteiger partial charge in [-0.25, -0.2) is 0 Å². The second-order valence-corrected chi connectivity index (χ2v) is 5.96. The molecule has 0 radical (unpaired) electrons. The minimum absolute atomic E-state index is 0.141. The van der Waals surface area contributed by atoms with Gasteiger partial charge in [0.25, 0.3) is 0 Å². The van der Waals surface area contributed by atoms with Crippen LogP contribution in [-0.4, -0.2) is 24.3 Å². The lowest BCUT2D eigenvalue weighted by atomic mass is 10.1. The first-order valence-corrected chi connectivity index (χ1v) is 8.21. The van der Waals surface area contributed by atoms with Crippen molar-refractivity contribution in [3.8, 4) is 0 Å². The van der Waals surface area contributed by atoms with E-state index in [1.807, 2.05) is 31.5 Å². The van der Waals surface area contributed by atoms with E-state index in [9.17, 15) is 0 Å². The molecule has 0 fully saturated rings. The van der Waals surface area contributed by atoms with Crippen molar-refractivity contribution in [3.63, 3.8) is 0 Å². The van der Waals surface area contributed by atoms with Gasteiger partial charge in [-0.2, -0.15) is 11.3 Å². The molecule has 3 N–H and O–H groups in total. The van der Waals surface area contributed by atoms with E-state index in [1.165, 1.54) is 5.56 Å². The summed E-state index contributed by atoms with van der Waals surface area (Å²) >= 11 is 3.26.